The molecule has 0 aliphatic rings. The normalized spacial score (nSPS) is 11.0. The smallest absolute Gasteiger partial charge is 0.0462 e. The molecule has 5 aromatic rings. The molecule has 0 fully saturated rings. The number of nitrogens with zero attached hydrogens (tertiary/aromatic N) is 1. The maximum atomic E-state index is 2.30. The summed E-state index contributed by atoms with van der Waals surface area (Å²) in [7, 11) is 0. The Kier molecular flexibility index (Phi) is 6.36. The van der Waals surface area contributed by atoms with Crippen LogP contribution >= 0.6 is 0 Å². The fourth-order valence-electron chi connectivity index (χ4n) is 4.06. The van der Waals surface area contributed by atoms with Crippen molar-refractivity contribution in [2.45, 2.75) is 6.92 Å². The molecule has 0 amide bonds. The van der Waals surface area contributed by atoms with Crippen molar-refractivity contribution in [1.29, 1.82) is 0 Å². The van der Waals surface area contributed by atoms with E-state index < -0.39 is 0 Å². The van der Waals surface area contributed by atoms with Crippen LogP contribution in [0.4, 0.5) is 17.1 Å². The quantitative estimate of drug-likeness (QED) is 0.239. The SMILES string of the molecule is Cc1ccc(-c2ccc(N(c3ccccc3)c3ccc(/C=C/c4ccccc4)cc3)cc2)cc1. The lowest BCUT2D eigenvalue weighted by molar-refractivity contribution is 1.28. The summed E-state index contributed by atoms with van der Waals surface area (Å²) in [5.74, 6) is 0. The standard InChI is InChI=1S/C33H27N/c1-26-12-18-29(19-13-26)30-20-24-33(25-21-30)34(31-10-6-3-7-11-31)32-22-16-28(17-23-32)15-14-27-8-4-2-5-9-27/h2-25H,1H3/b15-14+. The van der Waals surface area contributed by atoms with Crippen molar-refractivity contribution in [2.75, 3.05) is 4.90 Å². The predicted octanol–water partition coefficient (Wildman–Crippen LogP) is 9.30. The van der Waals surface area contributed by atoms with Gasteiger partial charge in [0.2, 0.25) is 0 Å². The van der Waals surface area contributed by atoms with Crippen molar-refractivity contribution in [3.63, 3.8) is 0 Å². The van der Waals surface area contributed by atoms with Crippen LogP contribution in [-0.4, -0.2) is 0 Å². The van der Waals surface area contributed by atoms with Gasteiger partial charge in [0.05, 0.1) is 0 Å². The maximum Gasteiger partial charge on any atom is 0.0462 e. The zero-order chi connectivity index (χ0) is 23.2. The molecule has 5 aromatic carbocycles. The molecule has 34 heavy (non-hydrogen) atoms. The van der Waals surface area contributed by atoms with Crippen molar-refractivity contribution in [2.24, 2.45) is 0 Å². The summed E-state index contributed by atoms with van der Waals surface area (Å²) in [6, 6.07) is 47.1. The Balaban J connectivity index is 1.45. The molecule has 0 aromatic heterocycles. The van der Waals surface area contributed by atoms with Crippen molar-refractivity contribution in [1.82, 2.24) is 0 Å². The molecule has 0 spiro atoms. The second kappa shape index (κ2) is 10.1. The number of para-hydroxylation sites is 1. The lowest BCUT2D eigenvalue weighted by Crippen LogP contribution is -2.09. The minimum Gasteiger partial charge on any atom is -0.311 e. The average molecular weight is 438 g/mol. The molecule has 0 unspecified atom stereocenters. The molecule has 0 aliphatic carbocycles. The van der Waals surface area contributed by atoms with E-state index >= 15 is 0 Å². The zero-order valence-electron chi connectivity index (χ0n) is 19.3. The Bertz CT molecular complexity index is 1350. The van der Waals surface area contributed by atoms with Crippen LogP contribution in [0.3, 0.4) is 0 Å². The maximum absolute atomic E-state index is 2.30. The highest BCUT2D eigenvalue weighted by molar-refractivity contribution is 5.79. The molecular formula is C33H27N. The molecule has 0 bridgehead atoms. The highest BCUT2D eigenvalue weighted by atomic mass is 15.1. The van der Waals surface area contributed by atoms with Crippen LogP contribution in [0.2, 0.25) is 0 Å². The first-order valence-corrected chi connectivity index (χ1v) is 11.6. The first-order chi connectivity index (χ1) is 16.8. The third kappa shape index (κ3) is 5.00. The van der Waals surface area contributed by atoms with Gasteiger partial charge in [-0.05, 0) is 65.6 Å². The summed E-state index contributed by atoms with van der Waals surface area (Å²) in [6.45, 7) is 2.12. The van der Waals surface area contributed by atoms with Gasteiger partial charge in [0, 0.05) is 17.1 Å². The first kappa shape index (κ1) is 21.5. The van der Waals surface area contributed by atoms with Gasteiger partial charge < -0.3 is 4.90 Å². The third-order valence-corrected chi connectivity index (χ3v) is 5.94. The van der Waals surface area contributed by atoms with Crippen LogP contribution in [0.15, 0.2) is 133 Å². The summed E-state index contributed by atoms with van der Waals surface area (Å²) in [5.41, 5.74) is 9.51. The molecule has 5 rings (SSSR count). The number of hydrogen-bond acceptors (Lipinski definition) is 1. The fourth-order valence-corrected chi connectivity index (χ4v) is 4.06. The molecule has 1 nitrogen and oxygen atoms in total. The lowest BCUT2D eigenvalue weighted by atomic mass is 10.0. The van der Waals surface area contributed by atoms with Crippen LogP contribution in [0.1, 0.15) is 16.7 Å². The van der Waals surface area contributed by atoms with Gasteiger partial charge in [0.25, 0.3) is 0 Å². The van der Waals surface area contributed by atoms with Gasteiger partial charge >= 0.3 is 0 Å². The summed E-state index contributed by atoms with van der Waals surface area (Å²) in [4.78, 5) is 2.30. The van der Waals surface area contributed by atoms with Gasteiger partial charge in [0.1, 0.15) is 0 Å². The van der Waals surface area contributed by atoms with Crippen LogP contribution in [0.5, 0.6) is 0 Å². The van der Waals surface area contributed by atoms with Crippen molar-refractivity contribution < 1.29 is 0 Å². The third-order valence-electron chi connectivity index (χ3n) is 5.94. The molecule has 164 valence electrons. The molecule has 0 radical (unpaired) electrons. The molecule has 1 heteroatoms. The highest BCUT2D eigenvalue weighted by Gasteiger charge is 2.12. The summed E-state index contributed by atoms with van der Waals surface area (Å²) in [5, 5.41) is 0. The summed E-state index contributed by atoms with van der Waals surface area (Å²) in [6.07, 6.45) is 4.30. The number of benzene rings is 5. The fraction of sp³-hybridized carbons (Fsp3) is 0.0303. The van der Waals surface area contributed by atoms with E-state index in [9.17, 15) is 0 Å². The monoisotopic (exact) mass is 437 g/mol. The van der Waals surface area contributed by atoms with Gasteiger partial charge in [-0.1, -0.05) is 115 Å². The molecule has 0 saturated carbocycles. The Hall–Kier alpha value is -4.36. The Morgan fingerprint density at radius 1 is 0.412 bits per heavy atom. The predicted molar refractivity (Wildman–Crippen MR) is 147 cm³/mol. The topological polar surface area (TPSA) is 3.24 Å². The van der Waals surface area contributed by atoms with E-state index in [4.69, 9.17) is 0 Å². The number of hydrogen-bond donors (Lipinski definition) is 0. The minimum atomic E-state index is 1.13. The summed E-state index contributed by atoms with van der Waals surface area (Å²) >= 11 is 0. The van der Waals surface area contributed by atoms with E-state index in [2.05, 4.69) is 151 Å². The largest absolute Gasteiger partial charge is 0.311 e. The molecule has 0 atom stereocenters. The zero-order valence-corrected chi connectivity index (χ0v) is 19.3. The highest BCUT2D eigenvalue weighted by Crippen LogP contribution is 2.35. The number of aryl methyl sites for hydroxylation is 1. The van der Waals surface area contributed by atoms with E-state index in [0.29, 0.717) is 0 Å². The second-order valence-corrected chi connectivity index (χ2v) is 8.42. The van der Waals surface area contributed by atoms with E-state index in [1.807, 2.05) is 6.07 Å². The van der Waals surface area contributed by atoms with E-state index in [0.717, 1.165) is 17.1 Å². The Morgan fingerprint density at radius 2 is 0.824 bits per heavy atom. The van der Waals surface area contributed by atoms with Crippen LogP contribution in [0.25, 0.3) is 23.3 Å². The van der Waals surface area contributed by atoms with Crippen LogP contribution < -0.4 is 4.90 Å². The van der Waals surface area contributed by atoms with E-state index in [1.54, 1.807) is 0 Å². The van der Waals surface area contributed by atoms with Gasteiger partial charge in [-0.25, -0.2) is 0 Å². The van der Waals surface area contributed by atoms with Gasteiger partial charge in [-0.15, -0.1) is 0 Å². The molecule has 0 saturated heterocycles. The first-order valence-electron chi connectivity index (χ1n) is 11.6. The van der Waals surface area contributed by atoms with Crippen LogP contribution in [-0.2, 0) is 0 Å². The molecule has 0 heterocycles. The molecule has 0 aliphatic heterocycles. The van der Waals surface area contributed by atoms with Gasteiger partial charge in [0.15, 0.2) is 0 Å². The lowest BCUT2D eigenvalue weighted by Gasteiger charge is -2.25. The summed E-state index contributed by atoms with van der Waals surface area (Å²) < 4.78 is 0. The van der Waals surface area contributed by atoms with E-state index in [-0.39, 0.29) is 0 Å². The molecule has 0 N–H and O–H groups in total. The van der Waals surface area contributed by atoms with E-state index in [1.165, 1.54) is 27.8 Å². The number of anilines is 3. The van der Waals surface area contributed by atoms with Crippen LogP contribution in [0, 0.1) is 6.92 Å². The Morgan fingerprint density at radius 3 is 1.38 bits per heavy atom. The van der Waals surface area contributed by atoms with Crippen molar-refractivity contribution in [3.05, 3.63) is 150 Å². The van der Waals surface area contributed by atoms with Gasteiger partial charge in [-0.3, -0.25) is 0 Å². The number of rotatable bonds is 6. The molecular weight excluding hydrogens is 410 g/mol. The van der Waals surface area contributed by atoms with Crippen molar-refractivity contribution >= 4 is 29.2 Å². The minimum absolute atomic E-state index is 1.13. The average Bonchev–Trinajstić information content (AvgIpc) is 2.91. The van der Waals surface area contributed by atoms with Gasteiger partial charge in [-0.2, -0.15) is 0 Å². The second-order valence-electron chi connectivity index (χ2n) is 8.42. The van der Waals surface area contributed by atoms with Crippen molar-refractivity contribution in [3.8, 4) is 11.1 Å². The Labute approximate surface area is 202 Å².